The van der Waals surface area contributed by atoms with Gasteiger partial charge in [-0.15, -0.1) is 0 Å². The summed E-state index contributed by atoms with van der Waals surface area (Å²) in [6.45, 7) is 6.34. The second kappa shape index (κ2) is 7.53. The zero-order valence-electron chi connectivity index (χ0n) is 16.6. The number of hydrogen-bond donors (Lipinski definition) is 0. The van der Waals surface area contributed by atoms with Gasteiger partial charge in [-0.1, -0.05) is 4.57 Å². The highest BCUT2D eigenvalue weighted by Crippen LogP contribution is 2.46. The summed E-state index contributed by atoms with van der Waals surface area (Å²) in [5.74, 6) is 0.771. The van der Waals surface area contributed by atoms with Crippen LogP contribution in [0.1, 0.15) is 31.9 Å². The third kappa shape index (κ3) is 3.27. The Morgan fingerprint density at radius 3 is 2.64 bits per heavy atom. The quantitative estimate of drug-likeness (QED) is 0.694. The van der Waals surface area contributed by atoms with Gasteiger partial charge in [0, 0.05) is 18.2 Å². The Morgan fingerprint density at radius 1 is 1.36 bits per heavy atom. The fourth-order valence-corrected chi connectivity index (χ4v) is 3.86. The molecule has 0 saturated carbocycles. The van der Waals surface area contributed by atoms with E-state index in [0.29, 0.717) is 23.8 Å². The summed E-state index contributed by atoms with van der Waals surface area (Å²) in [5, 5.41) is 0. The summed E-state index contributed by atoms with van der Waals surface area (Å²) < 4.78 is 34.0. The standard InChI is InChI=1S/C19H23N2O6P/c1-6-26-17(22)21-14-8-7-12(16-20-18(2,3)11-27-16)9-13(14)10-15(24-4)19(21,25-5)28-23/h7-10H,6,11H2,1-5H3/p+1. The van der Waals surface area contributed by atoms with Crippen LogP contribution in [-0.4, -0.2) is 50.4 Å². The predicted octanol–water partition coefficient (Wildman–Crippen LogP) is 3.53. The Labute approximate surface area is 165 Å². The van der Waals surface area contributed by atoms with Crippen molar-refractivity contribution < 1.29 is 28.3 Å². The van der Waals surface area contributed by atoms with Gasteiger partial charge in [0.15, 0.2) is 0 Å². The van der Waals surface area contributed by atoms with Crippen molar-refractivity contribution in [2.24, 2.45) is 4.99 Å². The van der Waals surface area contributed by atoms with Crippen molar-refractivity contribution in [1.82, 2.24) is 0 Å². The van der Waals surface area contributed by atoms with Crippen molar-refractivity contribution in [3.8, 4) is 0 Å². The Kier molecular flexibility index (Phi) is 5.46. The van der Waals surface area contributed by atoms with Crippen LogP contribution in [0, 0.1) is 0 Å². The topological polar surface area (TPSA) is 86.7 Å². The van der Waals surface area contributed by atoms with Crippen LogP contribution in [0.2, 0.25) is 0 Å². The van der Waals surface area contributed by atoms with Crippen molar-refractivity contribution in [3.63, 3.8) is 0 Å². The highest BCUT2D eigenvalue weighted by atomic mass is 31.1. The summed E-state index contributed by atoms with van der Waals surface area (Å²) in [6.07, 6.45) is 1.02. The predicted molar refractivity (Wildman–Crippen MR) is 106 cm³/mol. The van der Waals surface area contributed by atoms with E-state index >= 15 is 0 Å². The number of carbonyl (C=O) groups is 1. The van der Waals surface area contributed by atoms with Crippen LogP contribution < -0.4 is 4.90 Å². The monoisotopic (exact) mass is 407 g/mol. The Bertz CT molecular complexity index is 866. The van der Waals surface area contributed by atoms with Gasteiger partial charge in [0.05, 0.1) is 24.9 Å². The molecule has 0 aliphatic carbocycles. The van der Waals surface area contributed by atoms with Crippen LogP contribution in [0.4, 0.5) is 10.5 Å². The Balaban J connectivity index is 2.16. The van der Waals surface area contributed by atoms with Crippen LogP contribution in [0.25, 0.3) is 6.08 Å². The molecule has 0 fully saturated rings. The molecule has 9 heteroatoms. The van der Waals surface area contributed by atoms with Gasteiger partial charge in [-0.3, -0.25) is 0 Å². The molecule has 8 nitrogen and oxygen atoms in total. The Morgan fingerprint density at radius 2 is 2.11 bits per heavy atom. The van der Waals surface area contributed by atoms with E-state index in [4.69, 9.17) is 18.9 Å². The molecule has 2 aliphatic heterocycles. The maximum Gasteiger partial charge on any atom is 0.420 e. The molecule has 2 aliphatic rings. The first kappa shape index (κ1) is 20.3. The van der Waals surface area contributed by atoms with Crippen molar-refractivity contribution >= 4 is 32.2 Å². The van der Waals surface area contributed by atoms with Crippen LogP contribution in [0.15, 0.2) is 29.0 Å². The maximum absolute atomic E-state index is 12.7. The summed E-state index contributed by atoms with van der Waals surface area (Å²) >= 11 is 0. The van der Waals surface area contributed by atoms with Crippen molar-refractivity contribution in [1.29, 1.82) is 0 Å². The molecule has 2 unspecified atom stereocenters. The lowest BCUT2D eigenvalue weighted by Gasteiger charge is -2.36. The molecule has 0 saturated heterocycles. The fraction of sp³-hybridized carbons (Fsp3) is 0.474. The number of methoxy groups -OCH3 is 2. The van der Waals surface area contributed by atoms with E-state index in [0.717, 1.165) is 5.56 Å². The van der Waals surface area contributed by atoms with E-state index in [2.05, 4.69) is 4.99 Å². The van der Waals surface area contributed by atoms with E-state index in [-0.39, 0.29) is 17.9 Å². The average Bonchev–Trinajstić information content (AvgIpc) is 3.05. The first-order valence-electron chi connectivity index (χ1n) is 8.86. The number of nitrogens with zero attached hydrogens (tertiary/aromatic N) is 2. The normalized spacial score (nSPS) is 22.8. The summed E-state index contributed by atoms with van der Waals surface area (Å²) in [6, 6.07) is 5.37. The zero-order chi connectivity index (χ0) is 20.5. The lowest BCUT2D eigenvalue weighted by molar-refractivity contribution is 0.0409. The minimum Gasteiger partial charge on any atom is -0.492 e. The molecule has 0 N–H and O–H groups in total. The van der Waals surface area contributed by atoms with Crippen LogP contribution in [0.5, 0.6) is 0 Å². The van der Waals surface area contributed by atoms with Gasteiger partial charge in [0.25, 0.3) is 0 Å². The summed E-state index contributed by atoms with van der Waals surface area (Å²) in [4.78, 5) is 18.6. The summed E-state index contributed by atoms with van der Waals surface area (Å²) in [5.41, 5.74) is 0.0495. The SMILES string of the molecule is CCOC(=O)N1c2ccc(C3=NC(C)(C)CO3)cc2C=C(OC)C1(OC)[PH+]=O. The minimum atomic E-state index is -1.60. The van der Waals surface area contributed by atoms with E-state index in [1.54, 1.807) is 25.1 Å². The van der Waals surface area contributed by atoms with Crippen molar-refractivity contribution in [2.75, 3.05) is 32.3 Å². The van der Waals surface area contributed by atoms with Gasteiger partial charge in [-0.05, 0) is 45.0 Å². The second-order valence-corrected chi connectivity index (χ2v) is 7.87. The third-order valence-corrected chi connectivity index (χ3v) is 5.47. The zero-order valence-corrected chi connectivity index (χ0v) is 17.6. The molecule has 0 bridgehead atoms. The smallest absolute Gasteiger partial charge is 0.420 e. The average molecular weight is 407 g/mol. The number of aliphatic imine (C=N–C) groups is 1. The molecule has 1 aromatic carbocycles. The number of amides is 1. The second-order valence-electron chi connectivity index (χ2n) is 6.99. The van der Waals surface area contributed by atoms with Gasteiger partial charge < -0.3 is 18.9 Å². The molecule has 28 heavy (non-hydrogen) atoms. The lowest BCUT2D eigenvalue weighted by Crippen LogP contribution is -2.53. The number of hydrogen-bond acceptors (Lipinski definition) is 7. The van der Waals surface area contributed by atoms with Gasteiger partial charge in [-0.25, -0.2) is 9.79 Å². The minimum absolute atomic E-state index is 0.163. The van der Waals surface area contributed by atoms with Crippen molar-refractivity contribution in [2.45, 2.75) is 31.8 Å². The summed E-state index contributed by atoms with van der Waals surface area (Å²) in [7, 11) is 1.76. The number of fused-ring (bicyclic) bond motifs is 1. The number of anilines is 1. The fourth-order valence-electron chi connectivity index (χ4n) is 3.20. The number of benzene rings is 1. The Hall–Kier alpha value is -2.44. The van der Waals surface area contributed by atoms with Gasteiger partial charge in [0.1, 0.15) is 6.61 Å². The van der Waals surface area contributed by atoms with Crippen molar-refractivity contribution in [3.05, 3.63) is 35.1 Å². The molecule has 2 atom stereocenters. The number of carbonyl (C=O) groups excluding carboxylic acids is 1. The largest absolute Gasteiger partial charge is 0.492 e. The molecule has 0 aromatic heterocycles. The molecule has 2 heterocycles. The highest BCUT2D eigenvalue weighted by molar-refractivity contribution is 7.26. The van der Waals surface area contributed by atoms with Gasteiger partial charge >= 0.3 is 20.0 Å². The van der Waals surface area contributed by atoms with E-state index in [9.17, 15) is 9.36 Å². The van der Waals surface area contributed by atoms with E-state index < -0.39 is 20.0 Å². The van der Waals surface area contributed by atoms with E-state index in [1.807, 2.05) is 19.9 Å². The molecular formula is C19H24N2O6P+. The molecule has 0 spiro atoms. The maximum atomic E-state index is 12.7. The van der Waals surface area contributed by atoms with Gasteiger partial charge in [-0.2, -0.15) is 4.90 Å². The van der Waals surface area contributed by atoms with Crippen LogP contribution in [0.3, 0.4) is 0 Å². The van der Waals surface area contributed by atoms with Gasteiger partial charge in [0.2, 0.25) is 11.7 Å². The first-order valence-corrected chi connectivity index (χ1v) is 9.77. The third-order valence-electron chi connectivity index (χ3n) is 4.52. The molecular weight excluding hydrogens is 383 g/mol. The van der Waals surface area contributed by atoms with Crippen LogP contribution in [-0.2, 0) is 23.5 Å². The molecule has 150 valence electrons. The van der Waals surface area contributed by atoms with E-state index in [1.165, 1.54) is 19.1 Å². The molecule has 1 amide bonds. The molecule has 0 radical (unpaired) electrons. The number of rotatable bonds is 5. The van der Waals surface area contributed by atoms with Crippen LogP contribution >= 0.6 is 8.46 Å². The molecule has 1 aromatic rings. The highest BCUT2D eigenvalue weighted by Gasteiger charge is 2.58. The molecule has 3 rings (SSSR count). The number of ether oxygens (including phenoxy) is 4. The lowest BCUT2D eigenvalue weighted by atomic mass is 10.0. The first-order chi connectivity index (χ1) is 13.3.